The molecular formula is C15H18O3. The van der Waals surface area contributed by atoms with E-state index in [9.17, 15) is 5.11 Å². The minimum Gasteiger partial charge on any atom is -0.374 e. The average Bonchev–Trinajstić information content (AvgIpc) is 2.90. The van der Waals surface area contributed by atoms with Crippen LogP contribution in [0.5, 0.6) is 0 Å². The first-order valence-electron chi connectivity index (χ1n) is 6.83. The molecule has 1 N–H and O–H groups in total. The van der Waals surface area contributed by atoms with Crippen molar-refractivity contribution in [3.63, 3.8) is 0 Å². The third kappa shape index (κ3) is 1.35. The first-order chi connectivity index (χ1) is 8.80. The van der Waals surface area contributed by atoms with Crippen LogP contribution in [0.4, 0.5) is 0 Å². The number of fused-ring (bicyclic) bond motifs is 2. The molecule has 4 rings (SSSR count). The molecule has 2 aliphatic heterocycles. The van der Waals surface area contributed by atoms with E-state index >= 15 is 0 Å². The number of hydrogen-bond acceptors (Lipinski definition) is 3. The van der Waals surface area contributed by atoms with Crippen LogP contribution in [-0.2, 0) is 9.47 Å². The second-order valence-electron chi connectivity index (χ2n) is 5.78. The highest BCUT2D eigenvalue weighted by Crippen LogP contribution is 2.55. The van der Waals surface area contributed by atoms with Crippen molar-refractivity contribution >= 4 is 0 Å². The first kappa shape index (κ1) is 11.0. The fraction of sp³-hybridized carbons (Fsp3) is 0.600. The van der Waals surface area contributed by atoms with Gasteiger partial charge < -0.3 is 14.6 Å². The lowest BCUT2D eigenvalue weighted by Crippen LogP contribution is -2.47. The van der Waals surface area contributed by atoms with Crippen LogP contribution in [-0.4, -0.2) is 29.7 Å². The normalized spacial score (nSPS) is 40.7. The van der Waals surface area contributed by atoms with Crippen LogP contribution in [0.15, 0.2) is 30.3 Å². The number of benzene rings is 1. The van der Waals surface area contributed by atoms with Gasteiger partial charge in [-0.2, -0.15) is 0 Å². The summed E-state index contributed by atoms with van der Waals surface area (Å²) in [5, 5.41) is 10.2. The predicted molar refractivity (Wildman–Crippen MR) is 66.1 cm³/mol. The molecule has 1 unspecified atom stereocenters. The highest BCUT2D eigenvalue weighted by molar-refractivity contribution is 5.25. The van der Waals surface area contributed by atoms with Crippen molar-refractivity contribution in [1.82, 2.24) is 0 Å². The lowest BCUT2D eigenvalue weighted by Gasteiger charge is -2.40. The van der Waals surface area contributed by atoms with Gasteiger partial charge in [-0.3, -0.25) is 0 Å². The molecule has 0 radical (unpaired) electrons. The van der Waals surface area contributed by atoms with Crippen molar-refractivity contribution in [2.75, 3.05) is 6.61 Å². The Hall–Kier alpha value is -0.900. The van der Waals surface area contributed by atoms with Gasteiger partial charge in [0.1, 0.15) is 0 Å². The van der Waals surface area contributed by atoms with Crippen LogP contribution in [0.2, 0.25) is 0 Å². The summed E-state index contributed by atoms with van der Waals surface area (Å²) >= 11 is 0. The molecule has 0 amide bonds. The van der Waals surface area contributed by atoms with E-state index in [0.29, 0.717) is 6.61 Å². The Morgan fingerprint density at radius 1 is 1.17 bits per heavy atom. The molecule has 3 nitrogen and oxygen atoms in total. The largest absolute Gasteiger partial charge is 0.374 e. The van der Waals surface area contributed by atoms with Gasteiger partial charge in [0.05, 0.1) is 18.3 Å². The zero-order valence-electron chi connectivity index (χ0n) is 10.3. The summed E-state index contributed by atoms with van der Waals surface area (Å²) in [4.78, 5) is 0. The summed E-state index contributed by atoms with van der Waals surface area (Å²) in [6, 6.07) is 10.4. The topological polar surface area (TPSA) is 38.7 Å². The molecule has 1 spiro atoms. The van der Waals surface area contributed by atoms with Crippen LogP contribution in [0.25, 0.3) is 0 Å². The molecule has 96 valence electrons. The van der Waals surface area contributed by atoms with Crippen LogP contribution >= 0.6 is 0 Å². The molecule has 1 aromatic carbocycles. The Morgan fingerprint density at radius 3 is 2.61 bits per heavy atom. The molecule has 1 aromatic rings. The van der Waals surface area contributed by atoms with Crippen LogP contribution in [0.1, 0.15) is 30.7 Å². The minimum absolute atomic E-state index is 0.0893. The molecule has 2 heterocycles. The van der Waals surface area contributed by atoms with Crippen LogP contribution < -0.4 is 0 Å². The fourth-order valence-corrected chi connectivity index (χ4v) is 3.82. The molecule has 0 aromatic heterocycles. The third-order valence-electron chi connectivity index (χ3n) is 4.90. The number of aliphatic hydroxyl groups is 1. The number of hydrogen-bond donors (Lipinski definition) is 1. The van der Waals surface area contributed by atoms with Crippen molar-refractivity contribution in [1.29, 1.82) is 0 Å². The van der Waals surface area contributed by atoms with Gasteiger partial charge in [-0.15, -0.1) is 0 Å². The van der Waals surface area contributed by atoms with Gasteiger partial charge in [-0.25, -0.2) is 0 Å². The SMILES string of the molecule is OC1OC2(CCC2)[C@H]2OC[C@H](c3ccccc3)[C@@H]12. The van der Waals surface area contributed by atoms with Crippen molar-refractivity contribution < 1.29 is 14.6 Å². The van der Waals surface area contributed by atoms with Gasteiger partial charge >= 0.3 is 0 Å². The number of aliphatic hydroxyl groups excluding tert-OH is 1. The van der Waals surface area contributed by atoms with Crippen molar-refractivity contribution in [2.24, 2.45) is 5.92 Å². The lowest BCUT2D eigenvalue weighted by molar-refractivity contribution is -0.195. The Balaban J connectivity index is 1.66. The molecule has 4 atom stereocenters. The highest BCUT2D eigenvalue weighted by atomic mass is 16.7. The highest BCUT2D eigenvalue weighted by Gasteiger charge is 2.62. The first-order valence-corrected chi connectivity index (χ1v) is 6.83. The summed E-state index contributed by atoms with van der Waals surface area (Å²) in [7, 11) is 0. The van der Waals surface area contributed by atoms with E-state index in [1.165, 1.54) is 12.0 Å². The molecule has 18 heavy (non-hydrogen) atoms. The summed E-state index contributed by atoms with van der Waals surface area (Å²) in [6.45, 7) is 0.710. The van der Waals surface area contributed by atoms with Crippen molar-refractivity contribution in [3.05, 3.63) is 35.9 Å². The standard InChI is InChI=1S/C15H18O3/c16-14-12-11(10-5-2-1-3-6-10)9-17-13(12)15(18-14)7-4-8-15/h1-3,5-6,11-14,16H,4,7-9H2/t11-,12-,13+,14?/m1/s1. The Bertz CT molecular complexity index is 440. The average molecular weight is 246 g/mol. The van der Waals surface area contributed by atoms with Gasteiger partial charge in [-0.1, -0.05) is 30.3 Å². The van der Waals surface area contributed by atoms with E-state index in [1.54, 1.807) is 0 Å². The van der Waals surface area contributed by atoms with Gasteiger partial charge in [0.2, 0.25) is 0 Å². The predicted octanol–water partition coefficient (Wildman–Crippen LogP) is 2.06. The van der Waals surface area contributed by atoms with E-state index in [2.05, 4.69) is 12.1 Å². The van der Waals surface area contributed by atoms with Crippen LogP contribution in [0.3, 0.4) is 0 Å². The van der Waals surface area contributed by atoms with Crippen molar-refractivity contribution in [3.8, 4) is 0 Å². The maximum Gasteiger partial charge on any atom is 0.161 e. The summed E-state index contributed by atoms with van der Waals surface area (Å²) in [5.74, 6) is 0.374. The summed E-state index contributed by atoms with van der Waals surface area (Å²) in [5.41, 5.74) is 1.08. The second-order valence-corrected chi connectivity index (χ2v) is 5.78. The van der Waals surface area contributed by atoms with E-state index in [0.717, 1.165) is 12.8 Å². The fourth-order valence-electron chi connectivity index (χ4n) is 3.82. The maximum absolute atomic E-state index is 10.2. The van der Waals surface area contributed by atoms with Gasteiger partial charge in [0, 0.05) is 11.8 Å². The minimum atomic E-state index is -0.664. The monoisotopic (exact) mass is 246 g/mol. The molecule has 3 fully saturated rings. The molecule has 3 heteroatoms. The Morgan fingerprint density at radius 2 is 1.94 bits per heavy atom. The van der Waals surface area contributed by atoms with Gasteiger partial charge in [0.15, 0.2) is 6.29 Å². The molecule has 1 aliphatic carbocycles. The zero-order valence-corrected chi connectivity index (χ0v) is 10.3. The van der Waals surface area contributed by atoms with Gasteiger partial charge in [-0.05, 0) is 24.8 Å². The van der Waals surface area contributed by atoms with Gasteiger partial charge in [0.25, 0.3) is 0 Å². The maximum atomic E-state index is 10.2. The Labute approximate surface area is 107 Å². The lowest BCUT2D eigenvalue weighted by atomic mass is 9.72. The summed E-state index contributed by atoms with van der Waals surface area (Å²) in [6.07, 6.45) is 2.68. The van der Waals surface area contributed by atoms with E-state index in [1.807, 2.05) is 18.2 Å². The molecule has 1 saturated carbocycles. The molecular weight excluding hydrogens is 228 g/mol. The van der Waals surface area contributed by atoms with E-state index < -0.39 is 6.29 Å². The quantitative estimate of drug-likeness (QED) is 0.824. The smallest absolute Gasteiger partial charge is 0.161 e. The number of rotatable bonds is 1. The Kier molecular flexibility index (Phi) is 2.31. The molecule has 3 aliphatic rings. The zero-order chi connectivity index (χ0) is 12.2. The summed E-state index contributed by atoms with van der Waals surface area (Å²) < 4.78 is 11.8. The molecule has 2 saturated heterocycles. The van der Waals surface area contributed by atoms with Crippen molar-refractivity contribution in [2.45, 2.75) is 43.2 Å². The van der Waals surface area contributed by atoms with E-state index in [-0.39, 0.29) is 23.5 Å². The van der Waals surface area contributed by atoms with E-state index in [4.69, 9.17) is 9.47 Å². The van der Waals surface area contributed by atoms with Crippen LogP contribution in [0, 0.1) is 5.92 Å². The third-order valence-corrected chi connectivity index (χ3v) is 4.90. The second kappa shape index (κ2) is 3.80. The molecule has 0 bridgehead atoms. The number of ether oxygens (including phenoxy) is 2.